The zero-order valence-electron chi connectivity index (χ0n) is 12.5. The fourth-order valence-corrected chi connectivity index (χ4v) is 2.50. The van der Waals surface area contributed by atoms with E-state index in [0.717, 1.165) is 0 Å². The van der Waals surface area contributed by atoms with Crippen LogP contribution in [0.4, 0.5) is 0 Å². The third-order valence-corrected chi connectivity index (χ3v) is 3.60. The quantitative estimate of drug-likeness (QED) is 0.550. The van der Waals surface area contributed by atoms with E-state index in [2.05, 4.69) is 16.9 Å². The van der Waals surface area contributed by atoms with Gasteiger partial charge < -0.3 is 9.88 Å². The number of rotatable bonds is 3. The molecule has 0 atom stereocenters. The number of pyridine rings is 2. The monoisotopic (exact) mass is 309 g/mol. The van der Waals surface area contributed by atoms with Crippen LogP contribution in [0.25, 0.3) is 16.7 Å². The molecule has 116 valence electrons. The molecule has 3 heterocycles. The molecule has 3 aromatic rings. The number of carbonyl (C=O) groups is 1. The van der Waals surface area contributed by atoms with E-state index in [1.54, 1.807) is 30.5 Å². The second-order valence-corrected chi connectivity index (χ2v) is 4.97. The molecular formula is C16H15N5O2. The van der Waals surface area contributed by atoms with E-state index in [1.807, 2.05) is 0 Å². The van der Waals surface area contributed by atoms with Gasteiger partial charge in [-0.1, -0.05) is 12.1 Å². The number of nitrogens with one attached hydrogen (secondary N) is 2. The summed E-state index contributed by atoms with van der Waals surface area (Å²) in [6.07, 6.45) is 3.22. The third-order valence-electron chi connectivity index (χ3n) is 3.60. The van der Waals surface area contributed by atoms with E-state index < -0.39 is 5.91 Å². The van der Waals surface area contributed by atoms with Crippen molar-refractivity contribution in [2.75, 3.05) is 7.05 Å². The van der Waals surface area contributed by atoms with Crippen LogP contribution in [0.1, 0.15) is 10.4 Å². The van der Waals surface area contributed by atoms with Gasteiger partial charge in [-0.05, 0) is 18.2 Å². The molecule has 0 aliphatic carbocycles. The minimum Gasteiger partial charge on any atom is -0.355 e. The normalized spacial score (nSPS) is 10.8. The summed E-state index contributed by atoms with van der Waals surface area (Å²) in [5.74, 6) is -0.424. The lowest BCUT2D eigenvalue weighted by molar-refractivity contribution is 0.0960. The molecule has 0 fully saturated rings. The predicted octanol–water partition coefficient (Wildman–Crippen LogP) is 0.674. The summed E-state index contributed by atoms with van der Waals surface area (Å²) in [7, 11) is 1.48. The Balaban J connectivity index is 2.56. The number of amides is 1. The lowest BCUT2D eigenvalue weighted by Gasteiger charge is -2.12. The Morgan fingerprint density at radius 1 is 1.48 bits per heavy atom. The van der Waals surface area contributed by atoms with Crippen molar-refractivity contribution >= 4 is 22.6 Å². The van der Waals surface area contributed by atoms with Gasteiger partial charge in [0.25, 0.3) is 11.5 Å². The maximum absolute atomic E-state index is 12.7. The highest BCUT2D eigenvalue weighted by atomic mass is 16.1. The zero-order chi connectivity index (χ0) is 16.6. The highest BCUT2D eigenvalue weighted by Crippen LogP contribution is 2.10. The molecule has 7 nitrogen and oxygen atoms in total. The first-order valence-electron chi connectivity index (χ1n) is 7.01. The standard InChI is InChI=1S/C16H15N5O2/c1-3-7-21-13(17)10(15(22)18-2)9-11-14(21)19-12-6-4-5-8-20(12)16(11)23/h3-6,8-9,17H,1,7H2,2H3,(H,18,22). The van der Waals surface area contributed by atoms with E-state index in [9.17, 15) is 9.59 Å². The second-order valence-electron chi connectivity index (χ2n) is 4.97. The van der Waals surface area contributed by atoms with Gasteiger partial charge in [0.2, 0.25) is 0 Å². The minimum absolute atomic E-state index is 0.0102. The second kappa shape index (κ2) is 5.53. The van der Waals surface area contributed by atoms with Crippen LogP contribution in [-0.2, 0) is 6.54 Å². The summed E-state index contributed by atoms with van der Waals surface area (Å²) in [6.45, 7) is 3.94. The van der Waals surface area contributed by atoms with Crippen molar-refractivity contribution in [1.29, 1.82) is 5.41 Å². The smallest absolute Gasteiger partial charge is 0.267 e. The fourth-order valence-electron chi connectivity index (χ4n) is 2.50. The SMILES string of the molecule is C=CCn1c(=N)c(C(=O)NC)cc2c(=O)n3ccccc3nc21. The average Bonchev–Trinajstić information content (AvgIpc) is 2.57. The number of carbonyl (C=O) groups excluding carboxylic acids is 1. The molecule has 0 aromatic carbocycles. The number of aromatic nitrogens is 3. The van der Waals surface area contributed by atoms with Crippen LogP contribution in [0.2, 0.25) is 0 Å². The molecule has 0 bridgehead atoms. The Morgan fingerprint density at radius 2 is 2.26 bits per heavy atom. The Kier molecular flexibility index (Phi) is 3.53. The summed E-state index contributed by atoms with van der Waals surface area (Å²) in [5, 5.41) is 11.0. The van der Waals surface area contributed by atoms with Crippen LogP contribution in [0.15, 0.2) is 47.9 Å². The highest BCUT2D eigenvalue weighted by molar-refractivity contribution is 5.96. The third kappa shape index (κ3) is 2.22. The summed E-state index contributed by atoms with van der Waals surface area (Å²) in [6, 6.07) is 6.66. The first-order valence-corrected chi connectivity index (χ1v) is 7.01. The van der Waals surface area contributed by atoms with Gasteiger partial charge in [-0.3, -0.25) is 19.4 Å². The number of hydrogen-bond acceptors (Lipinski definition) is 4. The molecule has 0 aliphatic heterocycles. The van der Waals surface area contributed by atoms with Gasteiger partial charge in [0.1, 0.15) is 16.8 Å². The van der Waals surface area contributed by atoms with Crippen molar-refractivity contribution in [3.8, 4) is 0 Å². The minimum atomic E-state index is -0.424. The van der Waals surface area contributed by atoms with Crippen molar-refractivity contribution in [2.45, 2.75) is 6.54 Å². The van der Waals surface area contributed by atoms with Gasteiger partial charge >= 0.3 is 0 Å². The van der Waals surface area contributed by atoms with Gasteiger partial charge in [-0.2, -0.15) is 0 Å². The van der Waals surface area contributed by atoms with Gasteiger partial charge in [0, 0.05) is 19.8 Å². The molecule has 7 heteroatoms. The van der Waals surface area contributed by atoms with Gasteiger partial charge in [-0.15, -0.1) is 6.58 Å². The van der Waals surface area contributed by atoms with E-state index in [4.69, 9.17) is 5.41 Å². The van der Waals surface area contributed by atoms with Crippen LogP contribution in [-0.4, -0.2) is 26.9 Å². The van der Waals surface area contributed by atoms with Crippen LogP contribution in [0.3, 0.4) is 0 Å². The molecule has 0 unspecified atom stereocenters. The zero-order valence-corrected chi connectivity index (χ0v) is 12.5. The number of nitrogens with zero attached hydrogens (tertiary/aromatic N) is 3. The van der Waals surface area contributed by atoms with E-state index in [1.165, 1.54) is 22.1 Å². The Bertz CT molecular complexity index is 1060. The molecule has 2 N–H and O–H groups in total. The van der Waals surface area contributed by atoms with Crippen molar-refractivity contribution in [3.63, 3.8) is 0 Å². The Hall–Kier alpha value is -3.22. The largest absolute Gasteiger partial charge is 0.355 e. The number of fused-ring (bicyclic) bond motifs is 2. The lowest BCUT2D eigenvalue weighted by Crippen LogP contribution is -2.33. The highest BCUT2D eigenvalue weighted by Gasteiger charge is 2.15. The maximum atomic E-state index is 12.7. The topological polar surface area (TPSA) is 92.2 Å². The Labute approximate surface area is 131 Å². The van der Waals surface area contributed by atoms with Crippen molar-refractivity contribution in [3.05, 3.63) is 64.5 Å². The maximum Gasteiger partial charge on any atom is 0.267 e. The molecule has 3 aromatic heterocycles. The van der Waals surface area contributed by atoms with Crippen LogP contribution in [0, 0.1) is 5.41 Å². The molecule has 0 saturated heterocycles. The number of allylic oxidation sites excluding steroid dienone is 1. The molecule has 1 amide bonds. The molecule has 3 rings (SSSR count). The summed E-state index contributed by atoms with van der Waals surface area (Å²) < 4.78 is 2.92. The van der Waals surface area contributed by atoms with E-state index >= 15 is 0 Å². The first-order chi connectivity index (χ1) is 11.1. The van der Waals surface area contributed by atoms with Crippen LogP contribution >= 0.6 is 0 Å². The van der Waals surface area contributed by atoms with Crippen molar-refractivity contribution in [1.82, 2.24) is 19.3 Å². The number of hydrogen-bond donors (Lipinski definition) is 2. The lowest BCUT2D eigenvalue weighted by atomic mass is 10.2. The summed E-state index contributed by atoms with van der Waals surface area (Å²) in [5.41, 5.74) is 0.669. The Morgan fingerprint density at radius 3 is 2.96 bits per heavy atom. The first kappa shape index (κ1) is 14.7. The van der Waals surface area contributed by atoms with Gasteiger partial charge in [0.15, 0.2) is 0 Å². The fraction of sp³-hybridized carbons (Fsp3) is 0.125. The molecule has 0 aliphatic rings. The summed E-state index contributed by atoms with van der Waals surface area (Å²) >= 11 is 0. The predicted molar refractivity (Wildman–Crippen MR) is 86.4 cm³/mol. The van der Waals surface area contributed by atoms with Crippen LogP contribution < -0.4 is 16.4 Å². The van der Waals surface area contributed by atoms with Crippen LogP contribution in [0.5, 0.6) is 0 Å². The molecular weight excluding hydrogens is 294 g/mol. The molecule has 23 heavy (non-hydrogen) atoms. The van der Waals surface area contributed by atoms with E-state index in [0.29, 0.717) is 11.3 Å². The molecule has 0 radical (unpaired) electrons. The average molecular weight is 309 g/mol. The molecule has 0 spiro atoms. The van der Waals surface area contributed by atoms with Gasteiger partial charge in [-0.25, -0.2) is 4.98 Å². The van der Waals surface area contributed by atoms with Crippen molar-refractivity contribution < 1.29 is 4.79 Å². The van der Waals surface area contributed by atoms with E-state index in [-0.39, 0.29) is 28.5 Å². The van der Waals surface area contributed by atoms with Gasteiger partial charge in [0.05, 0.1) is 10.9 Å². The molecule has 0 saturated carbocycles. The van der Waals surface area contributed by atoms with Crippen molar-refractivity contribution in [2.24, 2.45) is 0 Å². The summed E-state index contributed by atoms with van der Waals surface area (Å²) in [4.78, 5) is 29.2.